The van der Waals surface area contributed by atoms with Crippen LogP contribution in [-0.4, -0.2) is 30.2 Å². The van der Waals surface area contributed by atoms with Gasteiger partial charge in [-0.05, 0) is 30.7 Å². The van der Waals surface area contributed by atoms with E-state index in [9.17, 15) is 9.59 Å². The third-order valence-corrected chi connectivity index (χ3v) is 2.60. The minimum Gasteiger partial charge on any atom is -0.497 e. The van der Waals surface area contributed by atoms with Crippen molar-refractivity contribution in [2.24, 2.45) is 0 Å². The quantitative estimate of drug-likeness (QED) is 0.768. The first kappa shape index (κ1) is 10.7. The van der Waals surface area contributed by atoms with Crippen LogP contribution in [-0.2, 0) is 11.3 Å². The fourth-order valence-corrected chi connectivity index (χ4v) is 1.88. The first-order chi connectivity index (χ1) is 7.61. The maximum absolute atomic E-state index is 11.9. The predicted molar refractivity (Wildman–Crippen MR) is 58.4 cm³/mol. The molecule has 84 valence electrons. The molecule has 0 saturated carbocycles. The van der Waals surface area contributed by atoms with E-state index in [-0.39, 0.29) is 18.2 Å². The van der Waals surface area contributed by atoms with Gasteiger partial charge in [0, 0.05) is 12.1 Å². The van der Waals surface area contributed by atoms with Crippen LogP contribution >= 0.6 is 0 Å². The summed E-state index contributed by atoms with van der Waals surface area (Å²) in [6, 6.07) is 5.35. The summed E-state index contributed by atoms with van der Waals surface area (Å²) < 4.78 is 5.09. The lowest BCUT2D eigenvalue weighted by Crippen LogP contribution is -2.28. The third kappa shape index (κ3) is 1.78. The van der Waals surface area contributed by atoms with E-state index >= 15 is 0 Å². The van der Waals surface area contributed by atoms with Crippen molar-refractivity contribution in [1.29, 1.82) is 0 Å². The van der Waals surface area contributed by atoms with E-state index < -0.39 is 0 Å². The normalized spacial score (nSPS) is 13.9. The van der Waals surface area contributed by atoms with Gasteiger partial charge in [-0.15, -0.1) is 0 Å². The molecule has 0 fully saturated rings. The summed E-state index contributed by atoms with van der Waals surface area (Å²) in [7, 11) is 1.59. The number of carbonyl (C=O) groups excluding carboxylic acids is 2. The zero-order valence-electron chi connectivity index (χ0n) is 9.32. The molecule has 1 aliphatic rings. The SMILES string of the molecule is COc1ccc2c(c1)CN(CC(C)=O)C2=O. The van der Waals surface area contributed by atoms with Crippen molar-refractivity contribution < 1.29 is 14.3 Å². The Hall–Kier alpha value is -1.84. The summed E-state index contributed by atoms with van der Waals surface area (Å²) in [5.74, 6) is 0.650. The molecule has 4 nitrogen and oxygen atoms in total. The summed E-state index contributed by atoms with van der Waals surface area (Å²) in [5, 5.41) is 0. The molecule has 1 aromatic carbocycles. The Kier molecular flexibility index (Phi) is 2.64. The van der Waals surface area contributed by atoms with Crippen LogP contribution in [0.2, 0.25) is 0 Å². The van der Waals surface area contributed by atoms with Gasteiger partial charge in [-0.25, -0.2) is 0 Å². The second kappa shape index (κ2) is 3.96. The molecular formula is C12H13NO3. The molecule has 16 heavy (non-hydrogen) atoms. The summed E-state index contributed by atoms with van der Waals surface area (Å²) in [6.07, 6.45) is 0. The number of amides is 1. The highest BCUT2D eigenvalue weighted by Gasteiger charge is 2.27. The molecule has 1 aliphatic heterocycles. The topological polar surface area (TPSA) is 46.6 Å². The third-order valence-electron chi connectivity index (χ3n) is 2.60. The maximum Gasteiger partial charge on any atom is 0.254 e. The van der Waals surface area contributed by atoms with Crippen molar-refractivity contribution in [3.63, 3.8) is 0 Å². The lowest BCUT2D eigenvalue weighted by atomic mass is 10.1. The van der Waals surface area contributed by atoms with Crippen LogP contribution in [0.25, 0.3) is 0 Å². The second-order valence-corrected chi connectivity index (χ2v) is 3.89. The maximum atomic E-state index is 11.9. The number of ketones is 1. The molecule has 2 rings (SSSR count). The van der Waals surface area contributed by atoms with Crippen LogP contribution in [0.3, 0.4) is 0 Å². The Morgan fingerprint density at radius 1 is 1.50 bits per heavy atom. The van der Waals surface area contributed by atoms with E-state index in [1.165, 1.54) is 6.92 Å². The molecule has 0 spiro atoms. The zero-order chi connectivity index (χ0) is 11.7. The van der Waals surface area contributed by atoms with Crippen LogP contribution in [0.15, 0.2) is 18.2 Å². The van der Waals surface area contributed by atoms with Gasteiger partial charge in [0.15, 0.2) is 0 Å². The highest BCUT2D eigenvalue weighted by Crippen LogP contribution is 2.26. The second-order valence-electron chi connectivity index (χ2n) is 3.89. The number of fused-ring (bicyclic) bond motifs is 1. The van der Waals surface area contributed by atoms with E-state index in [0.29, 0.717) is 12.1 Å². The number of rotatable bonds is 3. The van der Waals surface area contributed by atoms with Gasteiger partial charge in [0.05, 0.1) is 13.7 Å². The summed E-state index contributed by atoms with van der Waals surface area (Å²) in [6.45, 7) is 2.15. The molecule has 0 bridgehead atoms. The van der Waals surface area contributed by atoms with Crippen LogP contribution in [0.5, 0.6) is 5.75 Å². The summed E-state index contributed by atoms with van der Waals surface area (Å²) in [5.41, 5.74) is 1.59. The van der Waals surface area contributed by atoms with Gasteiger partial charge >= 0.3 is 0 Å². The van der Waals surface area contributed by atoms with Crippen molar-refractivity contribution in [2.45, 2.75) is 13.5 Å². The average molecular weight is 219 g/mol. The Balaban J connectivity index is 2.27. The zero-order valence-corrected chi connectivity index (χ0v) is 9.32. The number of hydrogen-bond donors (Lipinski definition) is 0. The molecule has 0 atom stereocenters. The molecule has 4 heteroatoms. The molecule has 0 aromatic heterocycles. The van der Waals surface area contributed by atoms with Crippen LogP contribution < -0.4 is 4.74 Å². The highest BCUT2D eigenvalue weighted by molar-refractivity contribution is 6.00. The molecule has 0 N–H and O–H groups in total. The van der Waals surface area contributed by atoms with E-state index in [2.05, 4.69) is 0 Å². The van der Waals surface area contributed by atoms with E-state index in [1.54, 1.807) is 24.1 Å². The molecular weight excluding hydrogens is 206 g/mol. The van der Waals surface area contributed by atoms with Crippen molar-refractivity contribution in [1.82, 2.24) is 4.90 Å². The van der Waals surface area contributed by atoms with Crippen molar-refractivity contribution in [3.05, 3.63) is 29.3 Å². The number of methoxy groups -OCH3 is 1. The van der Waals surface area contributed by atoms with Crippen molar-refractivity contribution in [2.75, 3.05) is 13.7 Å². The van der Waals surface area contributed by atoms with Gasteiger partial charge in [-0.3, -0.25) is 9.59 Å². The van der Waals surface area contributed by atoms with Gasteiger partial charge < -0.3 is 9.64 Å². The predicted octanol–water partition coefficient (Wildman–Crippen LogP) is 1.24. The van der Waals surface area contributed by atoms with E-state index in [0.717, 1.165) is 11.3 Å². The Morgan fingerprint density at radius 2 is 2.25 bits per heavy atom. The van der Waals surface area contributed by atoms with Gasteiger partial charge in [-0.2, -0.15) is 0 Å². The molecule has 1 aromatic rings. The number of nitrogens with zero attached hydrogens (tertiary/aromatic N) is 1. The van der Waals surface area contributed by atoms with Crippen molar-refractivity contribution in [3.8, 4) is 5.75 Å². The molecule has 1 amide bonds. The fourth-order valence-electron chi connectivity index (χ4n) is 1.88. The first-order valence-corrected chi connectivity index (χ1v) is 5.07. The molecule has 0 unspecified atom stereocenters. The minimum atomic E-state index is -0.0761. The first-order valence-electron chi connectivity index (χ1n) is 5.07. The van der Waals surface area contributed by atoms with Crippen molar-refractivity contribution >= 4 is 11.7 Å². The summed E-state index contributed by atoms with van der Waals surface area (Å²) >= 11 is 0. The molecule has 0 aliphatic carbocycles. The van der Waals surface area contributed by atoms with E-state index in [4.69, 9.17) is 4.74 Å². The Morgan fingerprint density at radius 3 is 2.88 bits per heavy atom. The number of benzene rings is 1. The largest absolute Gasteiger partial charge is 0.497 e. The Labute approximate surface area is 93.8 Å². The lowest BCUT2D eigenvalue weighted by Gasteiger charge is -2.12. The van der Waals surface area contributed by atoms with E-state index in [1.807, 2.05) is 6.07 Å². The number of ether oxygens (including phenoxy) is 1. The molecule has 1 heterocycles. The number of Topliss-reactive ketones (excluding diaryl/α,β-unsaturated/α-hetero) is 1. The van der Waals surface area contributed by atoms with Crippen LogP contribution in [0, 0.1) is 0 Å². The summed E-state index contributed by atoms with van der Waals surface area (Å²) in [4.78, 5) is 24.4. The fraction of sp³-hybridized carbons (Fsp3) is 0.333. The standard InChI is InChI=1S/C12H13NO3/c1-8(14)6-13-7-9-5-10(16-2)3-4-11(9)12(13)15/h3-5H,6-7H2,1-2H3. The van der Waals surface area contributed by atoms with Gasteiger partial charge in [0.25, 0.3) is 5.91 Å². The van der Waals surface area contributed by atoms with Crippen LogP contribution in [0.4, 0.5) is 0 Å². The highest BCUT2D eigenvalue weighted by atomic mass is 16.5. The molecule has 0 radical (unpaired) electrons. The van der Waals surface area contributed by atoms with Gasteiger partial charge in [0.1, 0.15) is 11.5 Å². The van der Waals surface area contributed by atoms with Gasteiger partial charge in [0.2, 0.25) is 0 Å². The average Bonchev–Trinajstić information content (AvgIpc) is 2.54. The Bertz CT molecular complexity index is 454. The number of carbonyl (C=O) groups is 2. The van der Waals surface area contributed by atoms with Crippen LogP contribution in [0.1, 0.15) is 22.8 Å². The number of hydrogen-bond acceptors (Lipinski definition) is 3. The lowest BCUT2D eigenvalue weighted by molar-refractivity contribution is -0.117. The minimum absolute atomic E-state index is 0.00637. The van der Waals surface area contributed by atoms with Gasteiger partial charge in [-0.1, -0.05) is 0 Å². The smallest absolute Gasteiger partial charge is 0.254 e. The molecule has 0 saturated heterocycles. The monoisotopic (exact) mass is 219 g/mol.